The van der Waals surface area contributed by atoms with Crippen LogP contribution in [0, 0.1) is 0 Å². The number of carbonyl (C=O) groups is 1. The molecule has 0 aromatic heterocycles. The van der Waals surface area contributed by atoms with E-state index in [1.807, 2.05) is 0 Å². The van der Waals surface area contributed by atoms with Crippen molar-refractivity contribution in [2.75, 3.05) is 0 Å². The molecule has 58 valence electrons. The quantitative estimate of drug-likeness (QED) is 0.492. The lowest BCUT2D eigenvalue weighted by molar-refractivity contribution is -0.113. The van der Waals surface area contributed by atoms with Gasteiger partial charge in [0.2, 0.25) is 3.79 Å². The average molecular weight is 222 g/mol. The van der Waals surface area contributed by atoms with Gasteiger partial charge >= 0.3 is 0 Å². The van der Waals surface area contributed by atoms with E-state index < -0.39 is 3.79 Å². The zero-order valence-electron chi connectivity index (χ0n) is 5.00. The van der Waals surface area contributed by atoms with Crippen molar-refractivity contribution >= 4 is 52.2 Å². The van der Waals surface area contributed by atoms with Gasteiger partial charge in [-0.1, -0.05) is 46.4 Å². The first-order valence-electron chi connectivity index (χ1n) is 2.29. The Kier molecular flexibility index (Phi) is 4.03. The molecular formula is C5H4Cl4O. The standard InChI is InChI=1S/C5H4Cl4O/c1-3(10)4(6)2-5(7,8)9/h2H,1H3. The third-order valence-electron chi connectivity index (χ3n) is 0.627. The Morgan fingerprint density at radius 3 is 1.90 bits per heavy atom. The number of hydrogen-bond acceptors (Lipinski definition) is 1. The summed E-state index contributed by atoms with van der Waals surface area (Å²) in [6.07, 6.45) is 1.06. The fourth-order valence-electron chi connectivity index (χ4n) is 0.245. The maximum absolute atomic E-state index is 10.4. The molecule has 0 aromatic carbocycles. The number of halogens is 4. The number of hydrogen-bond donors (Lipinski definition) is 0. The van der Waals surface area contributed by atoms with Crippen LogP contribution in [0.4, 0.5) is 0 Å². The predicted molar refractivity (Wildman–Crippen MR) is 44.9 cm³/mol. The Morgan fingerprint density at radius 2 is 1.80 bits per heavy atom. The molecule has 0 aliphatic carbocycles. The molecule has 0 N–H and O–H groups in total. The molecule has 0 amide bonds. The summed E-state index contributed by atoms with van der Waals surface area (Å²) in [5, 5.41) is -0.0694. The van der Waals surface area contributed by atoms with Crippen molar-refractivity contribution in [2.24, 2.45) is 0 Å². The number of rotatable bonds is 1. The van der Waals surface area contributed by atoms with Gasteiger partial charge in [-0.2, -0.15) is 0 Å². The van der Waals surface area contributed by atoms with Gasteiger partial charge in [0.05, 0.1) is 5.03 Å². The molecule has 0 radical (unpaired) electrons. The van der Waals surface area contributed by atoms with Crippen molar-refractivity contribution in [3.8, 4) is 0 Å². The molecule has 0 aromatic rings. The molecular weight excluding hydrogens is 218 g/mol. The SMILES string of the molecule is CC(=O)C(Cl)=CC(Cl)(Cl)Cl. The Balaban J connectivity index is 4.32. The molecule has 0 heterocycles. The van der Waals surface area contributed by atoms with E-state index in [0.29, 0.717) is 0 Å². The summed E-state index contributed by atoms with van der Waals surface area (Å²) in [6, 6.07) is 0. The average Bonchev–Trinajstić information content (AvgIpc) is 1.60. The van der Waals surface area contributed by atoms with Crippen LogP contribution in [-0.2, 0) is 4.79 Å². The van der Waals surface area contributed by atoms with E-state index in [0.717, 1.165) is 6.08 Å². The molecule has 0 saturated carbocycles. The van der Waals surface area contributed by atoms with Crippen LogP contribution in [0.1, 0.15) is 6.92 Å². The maximum Gasteiger partial charge on any atom is 0.211 e. The van der Waals surface area contributed by atoms with Gasteiger partial charge in [0.25, 0.3) is 0 Å². The number of Topliss-reactive ketones (excluding diaryl/α,β-unsaturated/α-hetero) is 1. The zero-order valence-corrected chi connectivity index (χ0v) is 8.02. The van der Waals surface area contributed by atoms with Crippen molar-refractivity contribution in [1.29, 1.82) is 0 Å². The minimum Gasteiger partial charge on any atom is -0.294 e. The van der Waals surface area contributed by atoms with E-state index >= 15 is 0 Å². The van der Waals surface area contributed by atoms with Crippen LogP contribution in [0.3, 0.4) is 0 Å². The van der Waals surface area contributed by atoms with Crippen LogP contribution >= 0.6 is 46.4 Å². The van der Waals surface area contributed by atoms with Gasteiger partial charge in [-0.3, -0.25) is 4.79 Å². The predicted octanol–water partition coefficient (Wildman–Crippen LogP) is 3.07. The molecule has 5 heteroatoms. The molecule has 10 heavy (non-hydrogen) atoms. The first kappa shape index (κ1) is 10.6. The number of ketones is 1. The highest BCUT2D eigenvalue weighted by atomic mass is 35.6. The molecule has 0 saturated heterocycles. The number of allylic oxidation sites excluding steroid dienone is 2. The molecule has 0 aliphatic heterocycles. The Hall–Kier alpha value is 0.570. The van der Waals surface area contributed by atoms with Crippen molar-refractivity contribution in [3.63, 3.8) is 0 Å². The lowest BCUT2D eigenvalue weighted by Crippen LogP contribution is -1.99. The summed E-state index contributed by atoms with van der Waals surface area (Å²) in [5.41, 5.74) is 0. The summed E-state index contributed by atoms with van der Waals surface area (Å²) >= 11 is 21.2. The summed E-state index contributed by atoms with van der Waals surface area (Å²) in [5.74, 6) is -0.326. The fraction of sp³-hybridized carbons (Fsp3) is 0.400. The highest BCUT2D eigenvalue weighted by Crippen LogP contribution is 2.29. The summed E-state index contributed by atoms with van der Waals surface area (Å²) in [6.45, 7) is 1.29. The van der Waals surface area contributed by atoms with Crippen LogP contribution in [0.2, 0.25) is 0 Å². The Bertz CT molecular complexity index is 167. The van der Waals surface area contributed by atoms with Gasteiger partial charge < -0.3 is 0 Å². The van der Waals surface area contributed by atoms with E-state index in [1.54, 1.807) is 0 Å². The van der Waals surface area contributed by atoms with Crippen LogP contribution in [0.5, 0.6) is 0 Å². The molecule has 0 bridgehead atoms. The first-order chi connectivity index (χ1) is 4.33. The molecule has 0 spiro atoms. The van der Waals surface area contributed by atoms with E-state index in [9.17, 15) is 4.79 Å². The molecule has 0 atom stereocenters. The van der Waals surface area contributed by atoms with Crippen LogP contribution in [0.15, 0.2) is 11.1 Å². The van der Waals surface area contributed by atoms with Crippen LogP contribution < -0.4 is 0 Å². The molecule has 1 nitrogen and oxygen atoms in total. The second-order valence-corrected chi connectivity index (χ2v) is 4.37. The van der Waals surface area contributed by atoms with Crippen molar-refractivity contribution in [1.82, 2.24) is 0 Å². The second-order valence-electron chi connectivity index (χ2n) is 1.59. The van der Waals surface area contributed by atoms with Gasteiger partial charge in [0.1, 0.15) is 0 Å². The Labute approximate surface area is 78.9 Å². The third kappa shape index (κ3) is 5.36. The molecule has 0 rings (SSSR count). The minimum atomic E-state index is -1.59. The van der Waals surface area contributed by atoms with Gasteiger partial charge in [0.15, 0.2) is 5.78 Å². The summed E-state index contributed by atoms with van der Waals surface area (Å²) in [7, 11) is 0. The zero-order chi connectivity index (χ0) is 8.36. The lowest BCUT2D eigenvalue weighted by Gasteiger charge is -2.02. The van der Waals surface area contributed by atoms with Crippen molar-refractivity contribution < 1.29 is 4.79 Å². The molecule has 0 fully saturated rings. The van der Waals surface area contributed by atoms with Gasteiger partial charge in [-0.25, -0.2) is 0 Å². The summed E-state index contributed by atoms with van der Waals surface area (Å²) < 4.78 is -1.59. The third-order valence-corrected chi connectivity index (χ3v) is 1.33. The Morgan fingerprint density at radius 1 is 1.40 bits per heavy atom. The van der Waals surface area contributed by atoms with Gasteiger partial charge in [0, 0.05) is 6.92 Å². The minimum absolute atomic E-state index is 0.0694. The first-order valence-corrected chi connectivity index (χ1v) is 3.80. The van der Waals surface area contributed by atoms with Crippen LogP contribution in [0.25, 0.3) is 0 Å². The van der Waals surface area contributed by atoms with E-state index in [-0.39, 0.29) is 10.8 Å². The maximum atomic E-state index is 10.4. The normalized spacial score (nSPS) is 13.5. The van der Waals surface area contributed by atoms with Gasteiger partial charge in [-0.15, -0.1) is 0 Å². The van der Waals surface area contributed by atoms with Gasteiger partial charge in [-0.05, 0) is 6.08 Å². The number of carbonyl (C=O) groups excluding carboxylic acids is 1. The highest BCUT2D eigenvalue weighted by molar-refractivity contribution is 6.69. The smallest absolute Gasteiger partial charge is 0.211 e. The van der Waals surface area contributed by atoms with Crippen molar-refractivity contribution in [2.45, 2.75) is 10.7 Å². The van der Waals surface area contributed by atoms with Crippen LogP contribution in [-0.4, -0.2) is 9.58 Å². The second kappa shape index (κ2) is 3.82. The van der Waals surface area contributed by atoms with E-state index in [2.05, 4.69) is 0 Å². The monoisotopic (exact) mass is 220 g/mol. The van der Waals surface area contributed by atoms with Crippen molar-refractivity contribution in [3.05, 3.63) is 11.1 Å². The topological polar surface area (TPSA) is 17.1 Å². The summed E-state index contributed by atoms with van der Waals surface area (Å²) in [4.78, 5) is 10.4. The molecule has 0 aliphatic rings. The lowest BCUT2D eigenvalue weighted by atomic mass is 10.4. The number of alkyl halides is 3. The van der Waals surface area contributed by atoms with E-state index in [1.165, 1.54) is 6.92 Å². The fourth-order valence-corrected chi connectivity index (χ4v) is 0.904. The molecule has 0 unspecified atom stereocenters. The largest absolute Gasteiger partial charge is 0.294 e. The highest BCUT2D eigenvalue weighted by Gasteiger charge is 2.17. The van der Waals surface area contributed by atoms with E-state index in [4.69, 9.17) is 46.4 Å².